The van der Waals surface area contributed by atoms with Gasteiger partial charge < -0.3 is 9.64 Å². The highest BCUT2D eigenvalue weighted by atomic mass is 16.5. The van der Waals surface area contributed by atoms with Crippen LogP contribution in [0.5, 0.6) is 0 Å². The normalized spacial score (nSPS) is 29.1. The zero-order valence-corrected chi connectivity index (χ0v) is 10.5. The molecule has 2 fully saturated rings. The van der Waals surface area contributed by atoms with E-state index >= 15 is 0 Å². The highest BCUT2D eigenvalue weighted by molar-refractivity contribution is 5.96. The molecular formula is C15H17NO2. The number of fused-ring (bicyclic) bond motifs is 1. The van der Waals surface area contributed by atoms with E-state index in [4.69, 9.17) is 4.74 Å². The largest absolute Gasteiger partial charge is 0.352 e. The molecule has 94 valence electrons. The Kier molecular flexibility index (Phi) is 2.92. The Balaban J connectivity index is 1.89. The van der Waals surface area contributed by atoms with Crippen LogP contribution in [0.25, 0.3) is 0 Å². The van der Waals surface area contributed by atoms with Gasteiger partial charge in [0, 0.05) is 17.6 Å². The molecule has 2 atom stereocenters. The van der Waals surface area contributed by atoms with E-state index in [1.165, 1.54) is 0 Å². The summed E-state index contributed by atoms with van der Waals surface area (Å²) in [6.45, 7) is 2.71. The first-order chi connectivity index (χ1) is 8.81. The van der Waals surface area contributed by atoms with Crippen molar-refractivity contribution in [1.29, 1.82) is 0 Å². The molecule has 1 aromatic carbocycles. The molecule has 2 saturated heterocycles. The Labute approximate surface area is 107 Å². The fraction of sp³-hybridized carbons (Fsp3) is 0.400. The first-order valence-corrected chi connectivity index (χ1v) is 6.49. The first-order valence-electron chi connectivity index (χ1n) is 6.49. The van der Waals surface area contributed by atoms with Gasteiger partial charge in [-0.1, -0.05) is 43.3 Å². The highest BCUT2D eigenvalue weighted by Crippen LogP contribution is 2.39. The quantitative estimate of drug-likeness (QED) is 0.747. The Bertz CT molecular complexity index is 481. The van der Waals surface area contributed by atoms with Gasteiger partial charge in [0.15, 0.2) is 6.23 Å². The first kappa shape index (κ1) is 11.5. The predicted octanol–water partition coefficient (Wildman–Crippen LogP) is 2.65. The summed E-state index contributed by atoms with van der Waals surface area (Å²) in [4.78, 5) is 14.2. The summed E-state index contributed by atoms with van der Waals surface area (Å²) in [5.74, 6) is 0.146. The maximum absolute atomic E-state index is 12.3. The fourth-order valence-corrected chi connectivity index (χ4v) is 2.78. The van der Waals surface area contributed by atoms with E-state index in [1.54, 1.807) is 0 Å². The van der Waals surface area contributed by atoms with Gasteiger partial charge in [-0.25, -0.2) is 0 Å². The van der Waals surface area contributed by atoms with Gasteiger partial charge in [-0.15, -0.1) is 0 Å². The van der Waals surface area contributed by atoms with Crippen LogP contribution in [0, 0.1) is 0 Å². The van der Waals surface area contributed by atoms with Crippen LogP contribution in [0.1, 0.15) is 31.6 Å². The molecule has 0 N–H and O–H groups in total. The minimum atomic E-state index is -0.202. The molecule has 0 aliphatic carbocycles. The van der Waals surface area contributed by atoms with Crippen LogP contribution in [0.2, 0.25) is 0 Å². The van der Waals surface area contributed by atoms with Crippen molar-refractivity contribution in [2.24, 2.45) is 0 Å². The lowest BCUT2D eigenvalue weighted by Crippen LogP contribution is -2.30. The number of rotatable bonds is 2. The van der Waals surface area contributed by atoms with Gasteiger partial charge in [0.1, 0.15) is 0 Å². The summed E-state index contributed by atoms with van der Waals surface area (Å²) >= 11 is 0. The van der Waals surface area contributed by atoms with Crippen LogP contribution in [0.3, 0.4) is 0 Å². The molecule has 2 aliphatic heterocycles. The van der Waals surface area contributed by atoms with Crippen molar-refractivity contribution in [3.63, 3.8) is 0 Å². The SMILES string of the molecule is CC/C=C1/CC2CO[C@H](c3ccccc3)N2C1=O. The van der Waals surface area contributed by atoms with Gasteiger partial charge in [-0.05, 0) is 6.42 Å². The second-order valence-corrected chi connectivity index (χ2v) is 4.80. The van der Waals surface area contributed by atoms with E-state index in [9.17, 15) is 4.79 Å². The van der Waals surface area contributed by atoms with Crippen molar-refractivity contribution >= 4 is 5.91 Å². The standard InChI is InChI=1S/C15H17NO2/c1-2-6-12-9-13-10-18-15(16(13)14(12)17)11-7-4-3-5-8-11/h3-8,13,15H,2,9-10H2,1H3/b12-6-/t13?,15-/m1/s1. The molecule has 0 bridgehead atoms. The van der Waals surface area contributed by atoms with Crippen LogP contribution < -0.4 is 0 Å². The van der Waals surface area contributed by atoms with Crippen molar-refractivity contribution in [2.45, 2.75) is 32.0 Å². The van der Waals surface area contributed by atoms with Gasteiger partial charge in [0.25, 0.3) is 5.91 Å². The number of hydrogen-bond donors (Lipinski definition) is 0. The molecule has 0 aromatic heterocycles. The Morgan fingerprint density at radius 2 is 2.17 bits per heavy atom. The second kappa shape index (κ2) is 4.58. The van der Waals surface area contributed by atoms with E-state index in [-0.39, 0.29) is 18.2 Å². The monoisotopic (exact) mass is 243 g/mol. The number of carbonyl (C=O) groups excluding carboxylic acids is 1. The van der Waals surface area contributed by atoms with Gasteiger partial charge in [-0.2, -0.15) is 0 Å². The maximum Gasteiger partial charge on any atom is 0.252 e. The van der Waals surface area contributed by atoms with Crippen LogP contribution in [0.4, 0.5) is 0 Å². The molecule has 3 heteroatoms. The van der Waals surface area contributed by atoms with Gasteiger partial charge >= 0.3 is 0 Å². The summed E-state index contributed by atoms with van der Waals surface area (Å²) in [5, 5.41) is 0. The Hall–Kier alpha value is -1.61. The smallest absolute Gasteiger partial charge is 0.252 e. The summed E-state index contributed by atoms with van der Waals surface area (Å²) in [6, 6.07) is 10.2. The van der Waals surface area contributed by atoms with Gasteiger partial charge in [0.05, 0.1) is 12.6 Å². The molecule has 0 spiro atoms. The molecule has 0 saturated carbocycles. The lowest BCUT2D eigenvalue weighted by Gasteiger charge is -2.22. The summed E-state index contributed by atoms with van der Waals surface area (Å²) < 4.78 is 5.78. The van der Waals surface area contributed by atoms with Crippen LogP contribution in [-0.4, -0.2) is 23.5 Å². The third-order valence-electron chi connectivity index (χ3n) is 3.59. The van der Waals surface area contributed by atoms with E-state index in [2.05, 4.69) is 6.92 Å². The molecule has 2 aliphatic rings. The summed E-state index contributed by atoms with van der Waals surface area (Å²) in [5.41, 5.74) is 2.01. The zero-order valence-electron chi connectivity index (χ0n) is 10.5. The van der Waals surface area contributed by atoms with Gasteiger partial charge in [0.2, 0.25) is 0 Å². The molecule has 18 heavy (non-hydrogen) atoms. The average molecular weight is 243 g/mol. The second-order valence-electron chi connectivity index (χ2n) is 4.80. The Morgan fingerprint density at radius 3 is 2.89 bits per heavy atom. The molecule has 3 rings (SSSR count). The Morgan fingerprint density at radius 1 is 1.39 bits per heavy atom. The lowest BCUT2D eigenvalue weighted by molar-refractivity contribution is -0.131. The maximum atomic E-state index is 12.3. The van der Waals surface area contributed by atoms with E-state index in [0.717, 1.165) is 24.0 Å². The number of benzene rings is 1. The minimum Gasteiger partial charge on any atom is -0.352 e. The number of nitrogens with zero attached hydrogens (tertiary/aromatic N) is 1. The van der Waals surface area contributed by atoms with Crippen LogP contribution >= 0.6 is 0 Å². The van der Waals surface area contributed by atoms with Crippen LogP contribution in [-0.2, 0) is 9.53 Å². The third-order valence-corrected chi connectivity index (χ3v) is 3.59. The van der Waals surface area contributed by atoms with Crippen molar-refractivity contribution in [1.82, 2.24) is 4.90 Å². The summed E-state index contributed by atoms with van der Waals surface area (Å²) in [7, 11) is 0. The van der Waals surface area contributed by atoms with Crippen LogP contribution in [0.15, 0.2) is 42.0 Å². The zero-order chi connectivity index (χ0) is 12.5. The number of amides is 1. The number of ether oxygens (including phenoxy) is 1. The molecule has 2 heterocycles. The number of allylic oxidation sites excluding steroid dienone is 1. The summed E-state index contributed by atoms with van der Waals surface area (Å²) in [6.07, 6.45) is 3.59. The van der Waals surface area contributed by atoms with E-state index in [0.29, 0.717) is 6.61 Å². The minimum absolute atomic E-state index is 0.146. The number of hydrogen-bond acceptors (Lipinski definition) is 2. The molecule has 1 aromatic rings. The van der Waals surface area contributed by atoms with Crippen molar-refractivity contribution in [2.75, 3.05) is 6.61 Å². The van der Waals surface area contributed by atoms with Crippen molar-refractivity contribution in [3.05, 3.63) is 47.5 Å². The number of carbonyl (C=O) groups is 1. The van der Waals surface area contributed by atoms with Crippen molar-refractivity contribution in [3.8, 4) is 0 Å². The molecule has 3 nitrogen and oxygen atoms in total. The molecule has 1 unspecified atom stereocenters. The average Bonchev–Trinajstić information content (AvgIpc) is 2.93. The van der Waals surface area contributed by atoms with E-state index < -0.39 is 0 Å². The molecule has 1 amide bonds. The van der Waals surface area contributed by atoms with Crippen molar-refractivity contribution < 1.29 is 9.53 Å². The topological polar surface area (TPSA) is 29.5 Å². The third kappa shape index (κ3) is 1.75. The van der Waals surface area contributed by atoms with E-state index in [1.807, 2.05) is 41.3 Å². The molecular weight excluding hydrogens is 226 g/mol. The predicted molar refractivity (Wildman–Crippen MR) is 68.8 cm³/mol. The van der Waals surface area contributed by atoms with Gasteiger partial charge in [-0.3, -0.25) is 4.79 Å². The fourth-order valence-electron chi connectivity index (χ4n) is 2.78. The molecule has 0 radical (unpaired) electrons. The highest BCUT2D eigenvalue weighted by Gasteiger charge is 2.45. The lowest BCUT2D eigenvalue weighted by atomic mass is 10.1.